The summed E-state index contributed by atoms with van der Waals surface area (Å²) in [5, 5.41) is 6.08. The molecule has 118 valence electrons. The number of thiophene rings is 1. The van der Waals surface area contributed by atoms with Crippen molar-refractivity contribution in [1.29, 1.82) is 0 Å². The lowest BCUT2D eigenvalue weighted by Crippen LogP contribution is -2.15. The molecule has 2 aromatic heterocycles. The first-order valence-corrected chi connectivity index (χ1v) is 9.01. The SMILES string of the molecule is O=C(CSc1nc2sccc2c(=O)[nH]1)Nc1cccc(Cl)c1Cl. The van der Waals surface area contributed by atoms with Crippen molar-refractivity contribution < 1.29 is 4.79 Å². The number of rotatable bonds is 4. The fourth-order valence-corrected chi connectivity index (χ4v) is 3.67. The monoisotopic (exact) mass is 385 g/mol. The Hall–Kier alpha value is -1.54. The van der Waals surface area contributed by atoms with Crippen molar-refractivity contribution in [2.75, 3.05) is 11.1 Å². The molecule has 0 radical (unpaired) electrons. The first-order valence-electron chi connectivity index (χ1n) is 6.39. The highest BCUT2D eigenvalue weighted by molar-refractivity contribution is 7.99. The van der Waals surface area contributed by atoms with Crippen LogP contribution in [0.2, 0.25) is 10.0 Å². The number of hydrogen-bond acceptors (Lipinski definition) is 5. The minimum absolute atomic E-state index is 0.0860. The van der Waals surface area contributed by atoms with Gasteiger partial charge in [0.25, 0.3) is 5.56 Å². The lowest BCUT2D eigenvalue weighted by molar-refractivity contribution is -0.113. The van der Waals surface area contributed by atoms with Gasteiger partial charge in [-0.2, -0.15) is 0 Å². The Morgan fingerprint density at radius 1 is 1.35 bits per heavy atom. The molecule has 0 aliphatic carbocycles. The number of nitrogens with zero attached hydrogens (tertiary/aromatic N) is 1. The quantitative estimate of drug-likeness (QED) is 0.525. The molecule has 9 heteroatoms. The van der Waals surface area contributed by atoms with Crippen LogP contribution in [0.1, 0.15) is 0 Å². The van der Waals surface area contributed by atoms with Gasteiger partial charge >= 0.3 is 0 Å². The number of aromatic nitrogens is 2. The number of hydrogen-bond donors (Lipinski definition) is 2. The molecule has 23 heavy (non-hydrogen) atoms. The number of H-pyrrole nitrogens is 1. The summed E-state index contributed by atoms with van der Waals surface area (Å²) in [7, 11) is 0. The zero-order valence-electron chi connectivity index (χ0n) is 11.4. The Balaban J connectivity index is 1.68. The largest absolute Gasteiger partial charge is 0.324 e. The average Bonchev–Trinajstić information content (AvgIpc) is 2.99. The topological polar surface area (TPSA) is 74.8 Å². The Labute approximate surface area is 149 Å². The molecule has 3 aromatic rings. The van der Waals surface area contributed by atoms with Crippen molar-refractivity contribution in [3.8, 4) is 0 Å². The lowest BCUT2D eigenvalue weighted by atomic mass is 10.3. The summed E-state index contributed by atoms with van der Waals surface area (Å²) in [6, 6.07) is 6.71. The molecule has 2 N–H and O–H groups in total. The van der Waals surface area contributed by atoms with Crippen LogP contribution in [0.3, 0.4) is 0 Å². The van der Waals surface area contributed by atoms with Gasteiger partial charge in [-0.25, -0.2) is 4.98 Å². The van der Waals surface area contributed by atoms with E-state index in [4.69, 9.17) is 23.2 Å². The molecule has 0 saturated carbocycles. The number of anilines is 1. The van der Waals surface area contributed by atoms with Gasteiger partial charge in [-0.3, -0.25) is 9.59 Å². The number of halogens is 2. The van der Waals surface area contributed by atoms with Crippen LogP contribution in [-0.2, 0) is 4.79 Å². The molecule has 1 amide bonds. The highest BCUT2D eigenvalue weighted by Crippen LogP contribution is 2.29. The Bertz CT molecular complexity index is 939. The summed E-state index contributed by atoms with van der Waals surface area (Å²) < 4.78 is 0. The minimum Gasteiger partial charge on any atom is -0.324 e. The van der Waals surface area contributed by atoms with E-state index in [0.29, 0.717) is 31.1 Å². The van der Waals surface area contributed by atoms with E-state index in [-0.39, 0.29) is 17.2 Å². The van der Waals surface area contributed by atoms with E-state index >= 15 is 0 Å². The molecule has 0 fully saturated rings. The fraction of sp³-hybridized carbons (Fsp3) is 0.0714. The van der Waals surface area contributed by atoms with Gasteiger partial charge in [-0.05, 0) is 23.6 Å². The molecule has 3 rings (SSSR count). The molecular weight excluding hydrogens is 377 g/mol. The number of amides is 1. The van der Waals surface area contributed by atoms with Gasteiger partial charge in [0.15, 0.2) is 5.16 Å². The summed E-state index contributed by atoms with van der Waals surface area (Å²) in [5.41, 5.74) is 0.233. The van der Waals surface area contributed by atoms with Crippen LogP contribution in [0.4, 0.5) is 5.69 Å². The van der Waals surface area contributed by atoms with Crippen LogP contribution >= 0.6 is 46.3 Å². The third-order valence-corrected chi connectivity index (χ3v) is 5.38. The third-order valence-electron chi connectivity index (χ3n) is 2.88. The first-order chi connectivity index (χ1) is 11.0. The van der Waals surface area contributed by atoms with Gasteiger partial charge in [-0.15, -0.1) is 11.3 Å². The smallest absolute Gasteiger partial charge is 0.260 e. The predicted molar refractivity (Wildman–Crippen MR) is 96.1 cm³/mol. The summed E-state index contributed by atoms with van der Waals surface area (Å²) in [6.45, 7) is 0. The van der Waals surface area contributed by atoms with E-state index in [1.165, 1.54) is 11.3 Å². The fourth-order valence-electron chi connectivity index (χ4n) is 1.83. The number of nitrogens with one attached hydrogen (secondary N) is 2. The van der Waals surface area contributed by atoms with E-state index in [1.807, 2.05) is 0 Å². The molecule has 0 unspecified atom stereocenters. The average molecular weight is 386 g/mol. The standard InChI is InChI=1S/C14H9Cl2N3O2S2/c15-8-2-1-3-9(11(8)16)17-10(20)6-23-14-18-12(21)7-4-5-22-13(7)19-14/h1-5H,6H2,(H,17,20)(H,18,19,21). The summed E-state index contributed by atoms with van der Waals surface area (Å²) in [4.78, 5) is 31.4. The molecule has 5 nitrogen and oxygen atoms in total. The molecule has 0 aliphatic rings. The molecule has 0 atom stereocenters. The van der Waals surface area contributed by atoms with Crippen LogP contribution < -0.4 is 10.9 Å². The molecular formula is C14H9Cl2N3O2S2. The van der Waals surface area contributed by atoms with Gasteiger partial charge in [0.1, 0.15) is 4.83 Å². The molecule has 1 aromatic carbocycles. The molecule has 0 aliphatic heterocycles. The van der Waals surface area contributed by atoms with Crippen molar-refractivity contribution in [3.05, 3.63) is 50.0 Å². The van der Waals surface area contributed by atoms with Crippen molar-refractivity contribution in [1.82, 2.24) is 9.97 Å². The zero-order chi connectivity index (χ0) is 16.4. The van der Waals surface area contributed by atoms with Gasteiger partial charge < -0.3 is 10.3 Å². The Morgan fingerprint density at radius 3 is 3.00 bits per heavy atom. The van der Waals surface area contributed by atoms with Crippen molar-refractivity contribution in [2.45, 2.75) is 5.16 Å². The van der Waals surface area contributed by atoms with Gasteiger partial charge in [0.05, 0.1) is 26.9 Å². The van der Waals surface area contributed by atoms with E-state index in [9.17, 15) is 9.59 Å². The van der Waals surface area contributed by atoms with E-state index < -0.39 is 0 Å². The number of aromatic amines is 1. The second-order valence-corrected chi connectivity index (χ2v) is 7.09. The Kier molecular flexibility index (Phi) is 4.91. The number of carbonyl (C=O) groups is 1. The maximum atomic E-state index is 12.0. The van der Waals surface area contributed by atoms with Crippen molar-refractivity contribution in [2.24, 2.45) is 0 Å². The van der Waals surface area contributed by atoms with Gasteiger partial charge in [-0.1, -0.05) is 41.0 Å². The molecule has 0 bridgehead atoms. The Morgan fingerprint density at radius 2 is 2.17 bits per heavy atom. The van der Waals surface area contributed by atoms with Crippen LogP contribution in [-0.4, -0.2) is 21.6 Å². The number of carbonyl (C=O) groups excluding carboxylic acids is 1. The predicted octanol–water partition coefficient (Wildman–Crippen LogP) is 4.02. The second kappa shape index (κ2) is 6.92. The summed E-state index contributed by atoms with van der Waals surface area (Å²) >= 11 is 14.4. The van der Waals surface area contributed by atoms with Gasteiger partial charge in [0.2, 0.25) is 5.91 Å². The summed E-state index contributed by atoms with van der Waals surface area (Å²) in [5.74, 6) is -0.184. The van der Waals surface area contributed by atoms with E-state index in [0.717, 1.165) is 11.8 Å². The highest BCUT2D eigenvalue weighted by Gasteiger charge is 2.11. The number of fused-ring (bicyclic) bond motifs is 1. The van der Waals surface area contributed by atoms with Crippen molar-refractivity contribution in [3.63, 3.8) is 0 Å². The zero-order valence-corrected chi connectivity index (χ0v) is 14.6. The highest BCUT2D eigenvalue weighted by atomic mass is 35.5. The molecule has 0 saturated heterocycles. The first kappa shape index (κ1) is 16.3. The molecule has 2 heterocycles. The van der Waals surface area contributed by atoms with Gasteiger partial charge in [0, 0.05) is 0 Å². The van der Waals surface area contributed by atoms with Crippen molar-refractivity contribution >= 4 is 68.1 Å². The second-order valence-electron chi connectivity index (χ2n) is 4.45. The van der Waals surface area contributed by atoms with E-state index in [1.54, 1.807) is 29.6 Å². The maximum Gasteiger partial charge on any atom is 0.260 e. The summed E-state index contributed by atoms with van der Waals surface area (Å²) in [6.07, 6.45) is 0. The third kappa shape index (κ3) is 3.69. The lowest BCUT2D eigenvalue weighted by Gasteiger charge is -2.07. The van der Waals surface area contributed by atoms with Crippen LogP contribution in [0, 0.1) is 0 Å². The maximum absolute atomic E-state index is 12.0. The number of thioether (sulfide) groups is 1. The normalized spacial score (nSPS) is 10.9. The number of benzene rings is 1. The van der Waals surface area contributed by atoms with Crippen LogP contribution in [0.15, 0.2) is 39.6 Å². The van der Waals surface area contributed by atoms with E-state index in [2.05, 4.69) is 15.3 Å². The minimum atomic E-state index is -0.270. The van der Waals surface area contributed by atoms with Crippen LogP contribution in [0.25, 0.3) is 10.2 Å². The molecule has 0 spiro atoms. The van der Waals surface area contributed by atoms with Crippen LogP contribution in [0.5, 0.6) is 0 Å².